The van der Waals surface area contributed by atoms with Gasteiger partial charge < -0.3 is 25.8 Å². The van der Waals surface area contributed by atoms with E-state index in [0.29, 0.717) is 73.3 Å². The Kier molecular flexibility index (Phi) is 8.24. The van der Waals surface area contributed by atoms with Gasteiger partial charge in [-0.3, -0.25) is 4.90 Å². The number of amides is 2. The summed E-state index contributed by atoms with van der Waals surface area (Å²) in [6.07, 6.45) is -3.42. The van der Waals surface area contributed by atoms with Gasteiger partial charge in [-0.25, -0.2) is 23.1 Å². The molecular weight excluding hydrogens is 565 g/mol. The fourth-order valence-electron chi connectivity index (χ4n) is 4.81. The molecule has 4 N–H and O–H groups in total. The molecule has 2 aromatic carbocycles. The van der Waals surface area contributed by atoms with Gasteiger partial charge >= 0.3 is 12.2 Å². The number of fused-ring (bicyclic) bond motifs is 1. The van der Waals surface area contributed by atoms with Crippen molar-refractivity contribution in [1.29, 1.82) is 0 Å². The van der Waals surface area contributed by atoms with Gasteiger partial charge in [-0.2, -0.15) is 18.3 Å². The number of anilines is 3. The molecule has 0 radical (unpaired) electrons. The molecule has 1 aliphatic heterocycles. The van der Waals surface area contributed by atoms with Crippen molar-refractivity contribution >= 4 is 28.7 Å². The van der Waals surface area contributed by atoms with E-state index in [2.05, 4.69) is 20.3 Å². The van der Waals surface area contributed by atoms with E-state index in [1.807, 2.05) is 5.32 Å². The first-order chi connectivity index (χ1) is 20.1. The fraction of sp³-hybridized carbons (Fsp3) is 0.296. The fourth-order valence-corrected chi connectivity index (χ4v) is 4.81. The number of nitrogens with one attached hydrogen (secondary N) is 2. The van der Waals surface area contributed by atoms with Gasteiger partial charge in [0, 0.05) is 37.9 Å². The highest BCUT2D eigenvalue weighted by Gasteiger charge is 2.31. The second-order valence-electron chi connectivity index (χ2n) is 9.49. The topological polar surface area (TPSA) is 119 Å². The number of hydrogen-bond donors (Lipinski definition) is 3. The number of urea groups is 1. The summed E-state index contributed by atoms with van der Waals surface area (Å²) in [5.74, 6) is -1.79. The minimum absolute atomic E-state index is 0.157. The summed E-state index contributed by atoms with van der Waals surface area (Å²) in [6.45, 7) is 3.23. The zero-order chi connectivity index (χ0) is 30.0. The quantitative estimate of drug-likeness (QED) is 0.262. The lowest BCUT2D eigenvalue weighted by Crippen LogP contribution is -2.36. The summed E-state index contributed by atoms with van der Waals surface area (Å²) in [5.41, 5.74) is 6.97. The van der Waals surface area contributed by atoms with Crippen molar-refractivity contribution in [3.8, 4) is 11.1 Å². The van der Waals surface area contributed by atoms with Crippen LogP contribution in [0, 0.1) is 11.6 Å². The lowest BCUT2D eigenvalue weighted by atomic mass is 10.0. The lowest BCUT2D eigenvalue weighted by molar-refractivity contribution is -0.137. The van der Waals surface area contributed by atoms with Crippen LogP contribution in [0.3, 0.4) is 0 Å². The molecule has 0 spiro atoms. The number of rotatable bonds is 7. The molecule has 4 aromatic rings. The number of methoxy groups -OCH3 is 1. The highest BCUT2D eigenvalue weighted by molar-refractivity contribution is 6.00. The minimum atomic E-state index is -4.75. The van der Waals surface area contributed by atoms with Gasteiger partial charge in [-0.1, -0.05) is 6.07 Å². The molecule has 0 atom stereocenters. The van der Waals surface area contributed by atoms with Gasteiger partial charge in [0.25, 0.3) is 0 Å². The van der Waals surface area contributed by atoms with Crippen molar-refractivity contribution in [3.05, 3.63) is 71.2 Å². The normalized spacial score (nSPS) is 14.3. The van der Waals surface area contributed by atoms with Gasteiger partial charge in [0.2, 0.25) is 0 Å². The molecule has 42 heavy (non-hydrogen) atoms. The molecule has 5 rings (SSSR count). The molecule has 1 saturated heterocycles. The van der Waals surface area contributed by atoms with E-state index < -0.39 is 35.1 Å². The number of alkyl halides is 3. The number of benzene rings is 2. The van der Waals surface area contributed by atoms with Crippen LogP contribution < -0.4 is 16.4 Å². The smallest absolute Gasteiger partial charge is 0.382 e. The first kappa shape index (κ1) is 29.2. The van der Waals surface area contributed by atoms with Crippen LogP contribution >= 0.6 is 0 Å². The number of hydrogen-bond acceptors (Lipinski definition) is 7. The number of morpholine rings is 1. The molecular formula is C27H26F5N7O3. The Morgan fingerprint density at radius 2 is 1.81 bits per heavy atom. The zero-order valence-corrected chi connectivity index (χ0v) is 22.3. The van der Waals surface area contributed by atoms with Crippen molar-refractivity contribution in [2.24, 2.45) is 0 Å². The third-order valence-electron chi connectivity index (χ3n) is 6.77. The van der Waals surface area contributed by atoms with E-state index in [1.54, 1.807) is 4.52 Å². The van der Waals surface area contributed by atoms with E-state index in [0.717, 1.165) is 5.69 Å². The van der Waals surface area contributed by atoms with E-state index in [1.165, 1.54) is 31.6 Å². The number of ether oxygens (including phenoxy) is 2. The lowest BCUT2D eigenvalue weighted by Gasteiger charge is -2.26. The first-order valence-corrected chi connectivity index (χ1v) is 12.7. The Morgan fingerprint density at radius 3 is 2.50 bits per heavy atom. The van der Waals surface area contributed by atoms with Crippen LogP contribution in [0.25, 0.3) is 16.6 Å². The van der Waals surface area contributed by atoms with E-state index in [4.69, 9.17) is 15.2 Å². The Hall–Kier alpha value is -4.34. The molecule has 222 valence electrons. The molecule has 2 aromatic heterocycles. The van der Waals surface area contributed by atoms with Crippen LogP contribution in [-0.4, -0.2) is 58.9 Å². The molecule has 0 aliphatic carbocycles. The van der Waals surface area contributed by atoms with Crippen molar-refractivity contribution in [2.75, 3.05) is 49.8 Å². The zero-order valence-electron chi connectivity index (χ0n) is 22.3. The number of carbonyl (C=O) groups is 1. The first-order valence-electron chi connectivity index (χ1n) is 12.7. The van der Waals surface area contributed by atoms with Gasteiger partial charge in [-0.15, -0.1) is 0 Å². The largest absolute Gasteiger partial charge is 0.416 e. The predicted octanol–water partition coefficient (Wildman–Crippen LogP) is 4.90. The number of nitrogens with two attached hydrogens (primary N) is 1. The van der Waals surface area contributed by atoms with Crippen molar-refractivity contribution < 1.29 is 36.2 Å². The van der Waals surface area contributed by atoms with Crippen molar-refractivity contribution in [2.45, 2.75) is 19.3 Å². The predicted molar refractivity (Wildman–Crippen MR) is 144 cm³/mol. The third kappa shape index (κ3) is 5.98. The number of aromatic nitrogens is 3. The number of carbonyl (C=O) groups excluding carboxylic acids is 1. The number of nitrogens with zero attached hydrogens (tertiary/aromatic N) is 4. The Morgan fingerprint density at radius 1 is 1.07 bits per heavy atom. The third-order valence-corrected chi connectivity index (χ3v) is 6.77. The number of nitrogen functional groups attached to an aromatic ring is 1. The maximum Gasteiger partial charge on any atom is 0.416 e. The van der Waals surface area contributed by atoms with Crippen molar-refractivity contribution in [3.63, 3.8) is 0 Å². The molecule has 1 aliphatic rings. The molecule has 10 nitrogen and oxygen atoms in total. The Labute approximate surface area is 236 Å². The average Bonchev–Trinajstić information content (AvgIpc) is 3.25. The van der Waals surface area contributed by atoms with Gasteiger partial charge in [-0.05, 0) is 35.9 Å². The highest BCUT2D eigenvalue weighted by atomic mass is 19.4. The summed E-state index contributed by atoms with van der Waals surface area (Å²) in [6, 6.07) is 4.41. The summed E-state index contributed by atoms with van der Waals surface area (Å²) in [4.78, 5) is 18.8. The second kappa shape index (κ2) is 11.9. The van der Waals surface area contributed by atoms with Gasteiger partial charge in [0.05, 0.1) is 42.5 Å². The Balaban J connectivity index is 1.46. The van der Waals surface area contributed by atoms with Crippen molar-refractivity contribution in [1.82, 2.24) is 19.5 Å². The molecule has 2 amide bonds. The Bertz CT molecular complexity index is 1620. The minimum Gasteiger partial charge on any atom is -0.382 e. The standard InChI is InChI=1S/C27H26F5N7O3/c1-41-13-17-22(12-38-6-8-42-9-7-38)39-24(25(33)34-14-35-39)23(17)15-2-5-20(19(29)10-15)36-26(40)37-21-11-16(27(30,31)32)3-4-18(21)28/h2-5,10-11,14H,6-9,12-13H2,1H3,(H2,33,34,35)(H2,36,37,40). The summed E-state index contributed by atoms with van der Waals surface area (Å²) >= 11 is 0. The molecule has 0 unspecified atom stereocenters. The van der Waals surface area contributed by atoms with Gasteiger partial charge in [0.1, 0.15) is 23.5 Å². The molecule has 0 bridgehead atoms. The highest BCUT2D eigenvalue weighted by Crippen LogP contribution is 2.38. The number of halogens is 5. The van der Waals surface area contributed by atoms with Crippen LogP contribution in [0.1, 0.15) is 16.8 Å². The van der Waals surface area contributed by atoms with Crippen LogP contribution in [0.5, 0.6) is 0 Å². The summed E-state index contributed by atoms with van der Waals surface area (Å²) in [7, 11) is 1.53. The second-order valence-corrected chi connectivity index (χ2v) is 9.49. The van der Waals surface area contributed by atoms with E-state index in [-0.39, 0.29) is 18.1 Å². The van der Waals surface area contributed by atoms with Gasteiger partial charge in [0.15, 0.2) is 5.82 Å². The van der Waals surface area contributed by atoms with Crippen LogP contribution in [0.4, 0.5) is 43.9 Å². The average molecular weight is 592 g/mol. The monoisotopic (exact) mass is 591 g/mol. The van der Waals surface area contributed by atoms with E-state index in [9.17, 15) is 22.4 Å². The molecule has 1 fully saturated rings. The van der Waals surface area contributed by atoms with Crippen LogP contribution in [0.15, 0.2) is 42.7 Å². The van der Waals surface area contributed by atoms with E-state index >= 15 is 4.39 Å². The molecule has 3 heterocycles. The summed E-state index contributed by atoms with van der Waals surface area (Å²) in [5, 5.41) is 8.58. The van der Waals surface area contributed by atoms with Crippen LogP contribution in [0.2, 0.25) is 0 Å². The molecule has 15 heteroatoms. The maximum atomic E-state index is 15.3. The summed E-state index contributed by atoms with van der Waals surface area (Å²) < 4.78 is 81.0. The molecule has 0 saturated carbocycles. The SMILES string of the molecule is COCc1c(-c2ccc(NC(=O)Nc3cc(C(F)(F)F)ccc3F)c(F)c2)c2c(N)ncnn2c1CN1CCOCC1. The van der Waals surface area contributed by atoms with Crippen LogP contribution in [-0.2, 0) is 28.8 Å². The maximum absolute atomic E-state index is 15.3.